The molecule has 21 heavy (non-hydrogen) atoms. The van der Waals surface area contributed by atoms with Gasteiger partial charge in [0.15, 0.2) is 6.61 Å². The number of hydrogen-bond acceptors (Lipinski definition) is 4. The third kappa shape index (κ3) is 4.09. The number of nitrogens with zero attached hydrogens (tertiary/aromatic N) is 2. The first-order valence-electron chi connectivity index (χ1n) is 6.59. The number of carbonyl (C=O) groups excluding carboxylic acids is 1. The maximum atomic E-state index is 12.0. The normalized spacial score (nSPS) is 15.8. The van der Waals surface area contributed by atoms with Gasteiger partial charge in [-0.15, -0.1) is 0 Å². The summed E-state index contributed by atoms with van der Waals surface area (Å²) in [6, 6.07) is 4.16. The Kier molecular flexibility index (Phi) is 5.03. The number of piperazine rings is 1. The van der Waals surface area contributed by atoms with Crippen LogP contribution in [0.3, 0.4) is 0 Å². The number of hydrogen-bond donors (Lipinski definition) is 1. The van der Waals surface area contributed by atoms with Crippen LogP contribution in [0.15, 0.2) is 18.2 Å². The van der Waals surface area contributed by atoms with E-state index in [1.165, 1.54) is 18.2 Å². The number of ether oxygens (including phenoxy) is 1. The van der Waals surface area contributed by atoms with Crippen LogP contribution < -0.4 is 4.74 Å². The molecule has 1 aliphatic heterocycles. The fourth-order valence-corrected chi connectivity index (χ4v) is 2.27. The molecule has 1 N–H and O–H groups in total. The van der Waals surface area contributed by atoms with Crippen LogP contribution in [-0.4, -0.2) is 66.6 Å². The molecule has 2 rings (SSSR count). The van der Waals surface area contributed by atoms with E-state index in [1.54, 1.807) is 4.90 Å². The summed E-state index contributed by atoms with van der Waals surface area (Å²) in [6.45, 7) is 2.96. The molecule has 1 amide bonds. The van der Waals surface area contributed by atoms with Crippen molar-refractivity contribution in [2.24, 2.45) is 0 Å². The van der Waals surface area contributed by atoms with Crippen LogP contribution in [0.25, 0.3) is 0 Å². The summed E-state index contributed by atoms with van der Waals surface area (Å²) in [5, 5.41) is 9.03. The molecule has 0 atom stereocenters. The van der Waals surface area contributed by atoms with E-state index in [0.717, 1.165) is 13.1 Å². The lowest BCUT2D eigenvalue weighted by molar-refractivity contribution is -0.134. The van der Waals surface area contributed by atoms with Crippen LogP contribution >= 0.6 is 11.6 Å². The van der Waals surface area contributed by atoms with E-state index < -0.39 is 5.97 Å². The first-order valence-corrected chi connectivity index (χ1v) is 6.97. The zero-order valence-electron chi connectivity index (χ0n) is 11.7. The molecule has 0 saturated carbocycles. The van der Waals surface area contributed by atoms with E-state index >= 15 is 0 Å². The van der Waals surface area contributed by atoms with Crippen LogP contribution in [0.5, 0.6) is 5.75 Å². The molecule has 1 heterocycles. The first kappa shape index (κ1) is 15.6. The fraction of sp³-hybridized carbons (Fsp3) is 0.429. The van der Waals surface area contributed by atoms with Crippen LogP contribution in [0.2, 0.25) is 5.02 Å². The smallest absolute Gasteiger partial charge is 0.335 e. The minimum Gasteiger partial charge on any atom is -0.482 e. The number of amides is 1. The summed E-state index contributed by atoms with van der Waals surface area (Å²) in [5.74, 6) is -0.845. The van der Waals surface area contributed by atoms with E-state index in [4.69, 9.17) is 21.4 Å². The van der Waals surface area contributed by atoms with Crippen LogP contribution in [0, 0.1) is 0 Å². The lowest BCUT2D eigenvalue weighted by Gasteiger charge is -2.32. The third-order valence-electron chi connectivity index (χ3n) is 3.39. The number of halogens is 1. The van der Waals surface area contributed by atoms with Crippen molar-refractivity contribution >= 4 is 23.5 Å². The molecule has 0 radical (unpaired) electrons. The van der Waals surface area contributed by atoms with Gasteiger partial charge < -0.3 is 19.6 Å². The predicted molar refractivity (Wildman–Crippen MR) is 78.0 cm³/mol. The van der Waals surface area contributed by atoms with Gasteiger partial charge in [-0.05, 0) is 25.2 Å². The van der Waals surface area contributed by atoms with Crippen molar-refractivity contribution in [3.05, 3.63) is 28.8 Å². The van der Waals surface area contributed by atoms with Crippen molar-refractivity contribution < 1.29 is 19.4 Å². The molecular weight excluding hydrogens is 296 g/mol. The maximum absolute atomic E-state index is 12.0. The SMILES string of the molecule is CN1CCN(C(=O)COc2ccc(C(=O)O)cc2Cl)CC1. The Labute approximate surface area is 127 Å². The topological polar surface area (TPSA) is 70.1 Å². The number of carbonyl (C=O) groups is 2. The number of carboxylic acid groups (broad SMARTS) is 1. The average Bonchev–Trinajstić information content (AvgIpc) is 2.46. The van der Waals surface area contributed by atoms with E-state index in [1.807, 2.05) is 7.05 Å². The third-order valence-corrected chi connectivity index (χ3v) is 3.68. The Morgan fingerprint density at radius 2 is 1.95 bits per heavy atom. The molecule has 0 unspecified atom stereocenters. The van der Waals surface area contributed by atoms with Gasteiger partial charge in [-0.25, -0.2) is 4.79 Å². The van der Waals surface area contributed by atoms with E-state index in [9.17, 15) is 9.59 Å². The van der Waals surface area contributed by atoms with Crippen molar-refractivity contribution in [2.45, 2.75) is 0 Å². The molecule has 6 nitrogen and oxygen atoms in total. The zero-order valence-corrected chi connectivity index (χ0v) is 12.5. The second-order valence-electron chi connectivity index (χ2n) is 4.92. The van der Waals surface area contributed by atoms with Gasteiger partial charge in [0.05, 0.1) is 10.6 Å². The molecule has 0 aliphatic carbocycles. The quantitative estimate of drug-likeness (QED) is 0.904. The van der Waals surface area contributed by atoms with Crippen molar-refractivity contribution in [3.8, 4) is 5.75 Å². The monoisotopic (exact) mass is 312 g/mol. The van der Waals surface area contributed by atoms with E-state index in [0.29, 0.717) is 18.8 Å². The number of carboxylic acids is 1. The van der Waals surface area contributed by atoms with Crippen LogP contribution in [0.1, 0.15) is 10.4 Å². The minimum absolute atomic E-state index is 0.0812. The van der Waals surface area contributed by atoms with Gasteiger partial charge in [0, 0.05) is 26.2 Å². The van der Waals surface area contributed by atoms with Gasteiger partial charge in [-0.2, -0.15) is 0 Å². The van der Waals surface area contributed by atoms with Gasteiger partial charge >= 0.3 is 5.97 Å². The fourth-order valence-electron chi connectivity index (χ4n) is 2.04. The summed E-state index contributed by atoms with van der Waals surface area (Å²) >= 11 is 5.94. The predicted octanol–water partition coefficient (Wildman–Crippen LogP) is 1.19. The van der Waals surface area contributed by atoms with Gasteiger partial charge in [0.25, 0.3) is 5.91 Å². The molecule has 1 aromatic carbocycles. The van der Waals surface area contributed by atoms with E-state index in [2.05, 4.69) is 4.90 Å². The number of benzene rings is 1. The van der Waals surface area contributed by atoms with Gasteiger partial charge in [0.2, 0.25) is 0 Å². The molecule has 7 heteroatoms. The number of rotatable bonds is 4. The van der Waals surface area contributed by atoms with Crippen molar-refractivity contribution in [3.63, 3.8) is 0 Å². The largest absolute Gasteiger partial charge is 0.482 e. The molecule has 1 aliphatic rings. The van der Waals surface area contributed by atoms with Gasteiger partial charge in [0.1, 0.15) is 5.75 Å². The standard InChI is InChI=1S/C14H17ClN2O4/c1-16-4-6-17(7-5-16)13(18)9-21-12-3-2-10(14(19)20)8-11(12)15/h2-3,8H,4-7,9H2,1H3,(H,19,20). The molecule has 1 saturated heterocycles. The van der Waals surface area contributed by atoms with Crippen molar-refractivity contribution in [1.82, 2.24) is 9.80 Å². The number of likely N-dealkylation sites (N-methyl/N-ethyl adjacent to an activating group) is 1. The highest BCUT2D eigenvalue weighted by atomic mass is 35.5. The Morgan fingerprint density at radius 3 is 2.52 bits per heavy atom. The minimum atomic E-state index is -1.06. The Hall–Kier alpha value is -1.79. The van der Waals surface area contributed by atoms with Crippen molar-refractivity contribution in [2.75, 3.05) is 39.8 Å². The molecule has 1 aromatic rings. The summed E-state index contributed by atoms with van der Waals surface area (Å²) < 4.78 is 5.38. The van der Waals surface area contributed by atoms with Gasteiger partial charge in [-0.1, -0.05) is 11.6 Å². The van der Waals surface area contributed by atoms with Crippen LogP contribution in [0.4, 0.5) is 0 Å². The lowest BCUT2D eigenvalue weighted by atomic mass is 10.2. The second kappa shape index (κ2) is 6.78. The molecule has 114 valence electrons. The highest BCUT2D eigenvalue weighted by molar-refractivity contribution is 6.32. The zero-order chi connectivity index (χ0) is 15.4. The number of aromatic carboxylic acids is 1. The highest BCUT2D eigenvalue weighted by Gasteiger charge is 2.19. The lowest BCUT2D eigenvalue weighted by Crippen LogP contribution is -2.48. The maximum Gasteiger partial charge on any atom is 0.335 e. The molecular formula is C14H17ClN2O4. The Morgan fingerprint density at radius 1 is 1.29 bits per heavy atom. The first-order chi connectivity index (χ1) is 9.97. The van der Waals surface area contributed by atoms with Crippen LogP contribution in [-0.2, 0) is 4.79 Å². The Bertz CT molecular complexity index is 542. The van der Waals surface area contributed by atoms with E-state index in [-0.39, 0.29) is 23.1 Å². The molecule has 0 bridgehead atoms. The molecule has 0 aromatic heterocycles. The summed E-state index contributed by atoms with van der Waals surface area (Å²) in [6.07, 6.45) is 0. The second-order valence-corrected chi connectivity index (χ2v) is 5.33. The Balaban J connectivity index is 1.91. The summed E-state index contributed by atoms with van der Waals surface area (Å²) in [5.41, 5.74) is 0.0812. The molecule has 0 spiro atoms. The summed E-state index contributed by atoms with van der Waals surface area (Å²) in [7, 11) is 2.02. The molecule has 1 fully saturated rings. The highest BCUT2D eigenvalue weighted by Crippen LogP contribution is 2.25. The average molecular weight is 313 g/mol. The van der Waals surface area contributed by atoms with Crippen molar-refractivity contribution in [1.29, 1.82) is 0 Å². The van der Waals surface area contributed by atoms with Gasteiger partial charge in [-0.3, -0.25) is 4.79 Å². The summed E-state index contributed by atoms with van der Waals surface area (Å²) in [4.78, 5) is 26.7.